The monoisotopic (exact) mass is 653 g/mol. The molecule has 0 unspecified atom stereocenters. The van der Waals surface area contributed by atoms with Gasteiger partial charge in [-0.3, -0.25) is 9.91 Å². The second-order valence-electron chi connectivity index (χ2n) is 12.4. The summed E-state index contributed by atoms with van der Waals surface area (Å²) in [6, 6.07) is 45.3. The number of likely N-dealkylation sites (tertiary alicyclic amines) is 1. The Bertz CT molecular complexity index is 1700. The fourth-order valence-electron chi connectivity index (χ4n) is 5.94. The van der Waals surface area contributed by atoms with Crippen LogP contribution in [0.25, 0.3) is 0 Å². The van der Waals surface area contributed by atoms with E-state index in [1.807, 2.05) is 60.7 Å². The average molecular weight is 654 g/mol. The van der Waals surface area contributed by atoms with Gasteiger partial charge in [0.2, 0.25) is 0 Å². The minimum absolute atomic E-state index is 0.527. The van der Waals surface area contributed by atoms with Crippen molar-refractivity contribution in [3.8, 4) is 17.2 Å². The second-order valence-corrected chi connectivity index (χ2v) is 12.4. The SMILES string of the molecule is CC/C(=N\N(Cc1ccc(OCCN2CCCCC2)cc1)c1ccc(OCc2ccccc2)cc1)c1ccc(OCc2ccccc2)cc1. The van der Waals surface area contributed by atoms with Gasteiger partial charge in [-0.15, -0.1) is 0 Å². The third-order valence-corrected chi connectivity index (χ3v) is 8.78. The summed E-state index contributed by atoms with van der Waals surface area (Å²) in [5, 5.41) is 7.31. The van der Waals surface area contributed by atoms with Crippen LogP contribution in [0, 0.1) is 0 Å². The Morgan fingerprint density at radius 3 is 1.69 bits per heavy atom. The molecule has 0 saturated carbocycles. The van der Waals surface area contributed by atoms with Crippen LogP contribution >= 0.6 is 0 Å². The number of nitrogens with zero attached hydrogens (tertiary/aromatic N) is 3. The Kier molecular flexibility index (Phi) is 12.4. The van der Waals surface area contributed by atoms with Crippen LogP contribution < -0.4 is 19.2 Å². The van der Waals surface area contributed by atoms with E-state index in [-0.39, 0.29) is 0 Å². The molecule has 49 heavy (non-hydrogen) atoms. The molecule has 1 heterocycles. The first-order chi connectivity index (χ1) is 24.2. The van der Waals surface area contributed by atoms with Gasteiger partial charge in [0.25, 0.3) is 0 Å². The van der Waals surface area contributed by atoms with E-state index in [1.54, 1.807) is 0 Å². The maximum Gasteiger partial charge on any atom is 0.119 e. The largest absolute Gasteiger partial charge is 0.492 e. The smallest absolute Gasteiger partial charge is 0.119 e. The zero-order valence-electron chi connectivity index (χ0n) is 28.5. The maximum absolute atomic E-state index is 6.11. The van der Waals surface area contributed by atoms with Crippen LogP contribution in [0.5, 0.6) is 17.2 Å². The van der Waals surface area contributed by atoms with Gasteiger partial charge in [0.15, 0.2) is 0 Å². The molecule has 0 aliphatic carbocycles. The zero-order valence-corrected chi connectivity index (χ0v) is 28.5. The molecule has 0 N–H and O–H groups in total. The van der Waals surface area contributed by atoms with E-state index in [4.69, 9.17) is 19.3 Å². The van der Waals surface area contributed by atoms with Crippen molar-refractivity contribution in [1.29, 1.82) is 0 Å². The molecular weight excluding hydrogens is 606 g/mol. The van der Waals surface area contributed by atoms with E-state index in [2.05, 4.69) is 89.6 Å². The maximum atomic E-state index is 6.11. The summed E-state index contributed by atoms with van der Waals surface area (Å²) in [4.78, 5) is 2.50. The van der Waals surface area contributed by atoms with Gasteiger partial charge in [0, 0.05) is 6.54 Å². The molecule has 0 aromatic heterocycles. The number of rotatable bonds is 16. The lowest BCUT2D eigenvalue weighted by Gasteiger charge is -2.26. The fraction of sp³-hybridized carbons (Fsp3) is 0.279. The van der Waals surface area contributed by atoms with Crippen LogP contribution in [0.15, 0.2) is 139 Å². The standard InChI is InChI=1S/C43H47N3O3/c1-2-43(38-18-24-41(25-19-38)48-33-36-12-6-3-7-13-36)44-46(39-20-26-42(27-21-39)49-34-37-14-8-4-9-15-37)32-35-16-22-40(23-17-35)47-31-30-45-28-10-5-11-29-45/h3-4,6-9,12-27H,2,5,10-11,28-34H2,1H3/b44-43+. The molecule has 0 spiro atoms. The number of benzene rings is 5. The summed E-state index contributed by atoms with van der Waals surface area (Å²) in [5.41, 5.74) is 6.49. The Morgan fingerprint density at radius 2 is 1.12 bits per heavy atom. The van der Waals surface area contributed by atoms with Gasteiger partial charge in [-0.2, -0.15) is 5.10 Å². The van der Waals surface area contributed by atoms with E-state index >= 15 is 0 Å². The Balaban J connectivity index is 1.15. The molecule has 1 fully saturated rings. The predicted molar refractivity (Wildman–Crippen MR) is 200 cm³/mol. The molecule has 252 valence electrons. The minimum Gasteiger partial charge on any atom is -0.492 e. The highest BCUT2D eigenvalue weighted by atomic mass is 16.5. The van der Waals surface area contributed by atoms with Gasteiger partial charge >= 0.3 is 0 Å². The van der Waals surface area contributed by atoms with Crippen LogP contribution in [0.3, 0.4) is 0 Å². The van der Waals surface area contributed by atoms with Gasteiger partial charge < -0.3 is 14.2 Å². The number of ether oxygens (including phenoxy) is 3. The number of hydrogen-bond acceptors (Lipinski definition) is 6. The number of piperidine rings is 1. The topological polar surface area (TPSA) is 46.5 Å². The Labute approximate surface area is 291 Å². The van der Waals surface area contributed by atoms with Crippen molar-refractivity contribution in [2.75, 3.05) is 31.3 Å². The number of anilines is 1. The molecule has 0 atom stereocenters. The Hall–Kier alpha value is -5.07. The molecule has 5 aromatic rings. The summed E-state index contributed by atoms with van der Waals surface area (Å²) < 4.78 is 18.2. The molecule has 6 heteroatoms. The first kappa shape index (κ1) is 33.8. The van der Waals surface area contributed by atoms with Crippen molar-refractivity contribution >= 4 is 11.4 Å². The summed E-state index contributed by atoms with van der Waals surface area (Å²) in [7, 11) is 0. The Morgan fingerprint density at radius 1 is 0.592 bits per heavy atom. The molecule has 0 bridgehead atoms. The van der Waals surface area contributed by atoms with Crippen LogP contribution in [0.1, 0.15) is 54.9 Å². The first-order valence-electron chi connectivity index (χ1n) is 17.5. The highest BCUT2D eigenvalue weighted by Crippen LogP contribution is 2.25. The molecule has 1 aliphatic rings. The molecular formula is C43H47N3O3. The highest BCUT2D eigenvalue weighted by molar-refractivity contribution is 6.01. The lowest BCUT2D eigenvalue weighted by molar-refractivity contribution is 0.183. The second kappa shape index (κ2) is 17.9. The molecule has 5 aromatic carbocycles. The fourth-order valence-corrected chi connectivity index (χ4v) is 5.94. The van der Waals surface area contributed by atoms with Crippen LogP contribution in [0.4, 0.5) is 5.69 Å². The quantitative estimate of drug-likeness (QED) is 0.0784. The first-order valence-corrected chi connectivity index (χ1v) is 17.5. The highest BCUT2D eigenvalue weighted by Gasteiger charge is 2.13. The predicted octanol–water partition coefficient (Wildman–Crippen LogP) is 9.53. The van der Waals surface area contributed by atoms with Crippen molar-refractivity contribution in [3.05, 3.63) is 156 Å². The molecule has 6 nitrogen and oxygen atoms in total. The summed E-state index contributed by atoms with van der Waals surface area (Å²) in [6.07, 6.45) is 4.72. The van der Waals surface area contributed by atoms with Gasteiger partial charge in [0.1, 0.15) is 37.1 Å². The molecule has 0 amide bonds. The van der Waals surface area contributed by atoms with E-state index in [0.29, 0.717) is 26.4 Å². The summed E-state index contributed by atoms with van der Waals surface area (Å²) in [5.74, 6) is 2.56. The lowest BCUT2D eigenvalue weighted by Crippen LogP contribution is -2.33. The number of hydrogen-bond donors (Lipinski definition) is 0. The van der Waals surface area contributed by atoms with E-state index in [1.165, 1.54) is 32.4 Å². The third-order valence-electron chi connectivity index (χ3n) is 8.78. The van der Waals surface area contributed by atoms with E-state index in [0.717, 1.165) is 63.9 Å². The van der Waals surface area contributed by atoms with E-state index in [9.17, 15) is 0 Å². The van der Waals surface area contributed by atoms with Crippen LogP contribution in [0.2, 0.25) is 0 Å². The number of hydrazone groups is 1. The van der Waals surface area contributed by atoms with Crippen molar-refractivity contribution in [3.63, 3.8) is 0 Å². The third kappa shape index (κ3) is 10.5. The van der Waals surface area contributed by atoms with Crippen molar-refractivity contribution in [1.82, 2.24) is 4.90 Å². The normalized spacial score (nSPS) is 13.5. The molecule has 6 rings (SSSR count). The van der Waals surface area contributed by atoms with Gasteiger partial charge in [-0.05, 0) is 115 Å². The van der Waals surface area contributed by atoms with Crippen LogP contribution in [-0.2, 0) is 19.8 Å². The van der Waals surface area contributed by atoms with Crippen molar-refractivity contribution < 1.29 is 14.2 Å². The van der Waals surface area contributed by atoms with E-state index < -0.39 is 0 Å². The average Bonchev–Trinajstić information content (AvgIpc) is 3.17. The van der Waals surface area contributed by atoms with Crippen LogP contribution in [-0.4, -0.2) is 36.9 Å². The van der Waals surface area contributed by atoms with Gasteiger partial charge in [0.05, 0.1) is 17.9 Å². The molecule has 1 aliphatic heterocycles. The minimum atomic E-state index is 0.527. The summed E-state index contributed by atoms with van der Waals surface area (Å²) in [6.45, 7) is 7.89. The van der Waals surface area contributed by atoms with Crippen molar-refractivity contribution in [2.24, 2.45) is 5.10 Å². The zero-order chi connectivity index (χ0) is 33.5. The summed E-state index contributed by atoms with van der Waals surface area (Å²) >= 11 is 0. The lowest BCUT2D eigenvalue weighted by atomic mass is 10.1. The van der Waals surface area contributed by atoms with Gasteiger partial charge in [-0.1, -0.05) is 86.1 Å². The molecule has 1 saturated heterocycles. The van der Waals surface area contributed by atoms with Gasteiger partial charge in [-0.25, -0.2) is 0 Å². The molecule has 0 radical (unpaired) electrons. The van der Waals surface area contributed by atoms with Crippen molar-refractivity contribution in [2.45, 2.75) is 52.4 Å².